The Morgan fingerprint density at radius 3 is 2.28 bits per heavy atom. The molecule has 0 saturated carbocycles. The molecule has 2 aromatic rings. The molecule has 2 nitrogen and oxygen atoms in total. The van der Waals surface area contributed by atoms with Gasteiger partial charge in [0.15, 0.2) is 0 Å². The first-order valence-electron chi connectivity index (χ1n) is 5.59. The average Bonchev–Trinajstić information content (AvgIpc) is 2.64. The van der Waals surface area contributed by atoms with E-state index in [-0.39, 0.29) is 5.56 Å². The van der Waals surface area contributed by atoms with Crippen molar-refractivity contribution in [3.05, 3.63) is 51.0 Å². The van der Waals surface area contributed by atoms with Gasteiger partial charge in [-0.05, 0) is 33.0 Å². The van der Waals surface area contributed by atoms with Crippen LogP contribution in [-0.2, 0) is 0 Å². The fourth-order valence-electron chi connectivity index (χ4n) is 1.80. The molecule has 96 valence electrons. The lowest BCUT2D eigenvalue weighted by molar-refractivity contribution is 0.521. The Bertz CT molecular complexity index is 526. The van der Waals surface area contributed by atoms with Crippen molar-refractivity contribution in [2.75, 3.05) is 7.05 Å². The standard InChI is InChI=1S/C13H14F2N2S/c1-7-8(2)18-13(17-7)12(16-3)11-9(14)5-4-6-10(11)15/h4-6,12,16H,1-3H3. The quantitative estimate of drug-likeness (QED) is 0.923. The van der Waals surface area contributed by atoms with E-state index in [1.54, 1.807) is 7.05 Å². The van der Waals surface area contributed by atoms with E-state index in [0.29, 0.717) is 5.01 Å². The molecule has 5 heteroatoms. The number of rotatable bonds is 3. The van der Waals surface area contributed by atoms with Gasteiger partial charge in [-0.15, -0.1) is 11.3 Å². The molecule has 0 aliphatic carbocycles. The Balaban J connectivity index is 2.52. The smallest absolute Gasteiger partial charge is 0.131 e. The zero-order valence-electron chi connectivity index (χ0n) is 10.4. The fourth-order valence-corrected chi connectivity index (χ4v) is 2.84. The molecular formula is C13H14F2N2S. The van der Waals surface area contributed by atoms with Crippen molar-refractivity contribution >= 4 is 11.3 Å². The highest BCUT2D eigenvalue weighted by Crippen LogP contribution is 2.30. The van der Waals surface area contributed by atoms with Crippen molar-refractivity contribution in [1.29, 1.82) is 0 Å². The Hall–Kier alpha value is -1.33. The first-order chi connectivity index (χ1) is 8.54. The predicted octanol–water partition coefficient (Wildman–Crippen LogP) is 3.35. The Morgan fingerprint density at radius 2 is 1.83 bits per heavy atom. The zero-order valence-corrected chi connectivity index (χ0v) is 11.2. The summed E-state index contributed by atoms with van der Waals surface area (Å²) in [4.78, 5) is 5.42. The number of halogens is 2. The van der Waals surface area contributed by atoms with Gasteiger partial charge in [0.05, 0.1) is 11.7 Å². The van der Waals surface area contributed by atoms with E-state index in [0.717, 1.165) is 10.6 Å². The lowest BCUT2D eigenvalue weighted by Gasteiger charge is -2.15. The third kappa shape index (κ3) is 2.28. The van der Waals surface area contributed by atoms with Crippen LogP contribution in [0.3, 0.4) is 0 Å². The highest BCUT2D eigenvalue weighted by molar-refractivity contribution is 7.11. The van der Waals surface area contributed by atoms with Gasteiger partial charge in [-0.25, -0.2) is 13.8 Å². The van der Waals surface area contributed by atoms with E-state index < -0.39 is 17.7 Å². The summed E-state index contributed by atoms with van der Waals surface area (Å²) in [6, 6.07) is 3.33. The number of thiazole rings is 1. The summed E-state index contributed by atoms with van der Waals surface area (Å²) in [5.41, 5.74) is 0.917. The van der Waals surface area contributed by atoms with Gasteiger partial charge in [0.1, 0.15) is 16.6 Å². The van der Waals surface area contributed by atoms with E-state index >= 15 is 0 Å². The molecule has 1 aromatic heterocycles. The number of hydrogen-bond donors (Lipinski definition) is 1. The molecule has 0 radical (unpaired) electrons. The van der Waals surface area contributed by atoms with E-state index in [9.17, 15) is 8.78 Å². The number of nitrogens with one attached hydrogen (secondary N) is 1. The summed E-state index contributed by atoms with van der Waals surface area (Å²) >= 11 is 1.45. The molecule has 1 aromatic carbocycles. The van der Waals surface area contributed by atoms with Gasteiger partial charge in [0.25, 0.3) is 0 Å². The predicted molar refractivity (Wildman–Crippen MR) is 68.8 cm³/mol. The number of aryl methyl sites for hydroxylation is 2. The van der Waals surface area contributed by atoms with E-state index in [4.69, 9.17) is 0 Å². The van der Waals surface area contributed by atoms with Crippen molar-refractivity contribution < 1.29 is 8.78 Å². The molecule has 1 unspecified atom stereocenters. The van der Waals surface area contributed by atoms with Crippen LogP contribution >= 0.6 is 11.3 Å². The largest absolute Gasteiger partial charge is 0.307 e. The molecule has 0 amide bonds. The second-order valence-corrected chi connectivity index (χ2v) is 5.29. The van der Waals surface area contributed by atoms with Crippen LogP contribution in [0.4, 0.5) is 8.78 Å². The molecule has 1 N–H and O–H groups in total. The van der Waals surface area contributed by atoms with Gasteiger partial charge in [-0.1, -0.05) is 6.07 Å². The van der Waals surface area contributed by atoms with Crippen molar-refractivity contribution in [3.63, 3.8) is 0 Å². The summed E-state index contributed by atoms with van der Waals surface area (Å²) in [7, 11) is 1.67. The molecule has 0 fully saturated rings. The van der Waals surface area contributed by atoms with Crippen molar-refractivity contribution in [2.24, 2.45) is 0 Å². The van der Waals surface area contributed by atoms with Crippen LogP contribution < -0.4 is 5.32 Å². The molecular weight excluding hydrogens is 254 g/mol. The van der Waals surface area contributed by atoms with Crippen molar-refractivity contribution in [1.82, 2.24) is 10.3 Å². The summed E-state index contributed by atoms with van der Waals surface area (Å²) in [5, 5.41) is 3.60. The Labute approximate surface area is 109 Å². The SMILES string of the molecule is CNC(c1nc(C)c(C)s1)c1c(F)cccc1F. The molecule has 0 bridgehead atoms. The lowest BCUT2D eigenvalue weighted by Crippen LogP contribution is -2.20. The first kappa shape index (κ1) is 13.1. The van der Waals surface area contributed by atoms with Crippen molar-refractivity contribution in [3.8, 4) is 0 Å². The average molecular weight is 268 g/mol. The normalized spacial score (nSPS) is 12.7. The van der Waals surface area contributed by atoms with Gasteiger partial charge in [-0.3, -0.25) is 0 Å². The van der Waals surface area contributed by atoms with Crippen LogP contribution in [0.5, 0.6) is 0 Å². The topological polar surface area (TPSA) is 24.9 Å². The van der Waals surface area contributed by atoms with Crippen molar-refractivity contribution in [2.45, 2.75) is 19.9 Å². The minimum absolute atomic E-state index is 0.0220. The van der Waals surface area contributed by atoms with Gasteiger partial charge in [0.2, 0.25) is 0 Å². The number of nitrogens with zero attached hydrogens (tertiary/aromatic N) is 1. The van der Waals surface area contributed by atoms with E-state index in [2.05, 4.69) is 10.3 Å². The Morgan fingerprint density at radius 1 is 1.22 bits per heavy atom. The number of hydrogen-bond acceptors (Lipinski definition) is 3. The maximum atomic E-state index is 13.8. The van der Waals surface area contributed by atoms with Crippen LogP contribution in [0.2, 0.25) is 0 Å². The molecule has 0 aliphatic heterocycles. The van der Waals surface area contributed by atoms with E-state index in [1.807, 2.05) is 13.8 Å². The minimum Gasteiger partial charge on any atom is -0.307 e. The molecule has 0 saturated heterocycles. The third-order valence-corrected chi connectivity index (χ3v) is 4.01. The second-order valence-electron chi connectivity index (χ2n) is 4.05. The van der Waals surface area contributed by atoms with Gasteiger partial charge < -0.3 is 5.32 Å². The van der Waals surface area contributed by atoms with Gasteiger partial charge in [-0.2, -0.15) is 0 Å². The van der Waals surface area contributed by atoms with Gasteiger partial charge in [0, 0.05) is 10.4 Å². The van der Waals surface area contributed by atoms with E-state index in [1.165, 1.54) is 29.5 Å². The van der Waals surface area contributed by atoms with Crippen LogP contribution in [0, 0.1) is 25.5 Å². The van der Waals surface area contributed by atoms with Crippen LogP contribution in [0.1, 0.15) is 27.2 Å². The summed E-state index contributed by atoms with van der Waals surface area (Å²) in [5.74, 6) is -1.11. The first-order valence-corrected chi connectivity index (χ1v) is 6.41. The highest BCUT2D eigenvalue weighted by atomic mass is 32.1. The summed E-state index contributed by atoms with van der Waals surface area (Å²) in [6.07, 6.45) is 0. The summed E-state index contributed by atoms with van der Waals surface area (Å²) < 4.78 is 27.6. The van der Waals surface area contributed by atoms with Gasteiger partial charge >= 0.3 is 0 Å². The Kier molecular flexibility index (Phi) is 3.73. The number of aromatic nitrogens is 1. The molecule has 0 spiro atoms. The summed E-state index contributed by atoms with van der Waals surface area (Å²) in [6.45, 7) is 3.83. The maximum absolute atomic E-state index is 13.8. The third-order valence-electron chi connectivity index (χ3n) is 2.87. The maximum Gasteiger partial charge on any atom is 0.131 e. The van der Waals surface area contributed by atoms with Crippen LogP contribution in [0.25, 0.3) is 0 Å². The highest BCUT2D eigenvalue weighted by Gasteiger charge is 2.23. The monoisotopic (exact) mass is 268 g/mol. The molecule has 0 aliphatic rings. The molecule has 1 heterocycles. The number of benzene rings is 1. The van der Waals surface area contributed by atoms with Crippen LogP contribution in [0.15, 0.2) is 18.2 Å². The van der Waals surface area contributed by atoms with Crippen LogP contribution in [-0.4, -0.2) is 12.0 Å². The molecule has 18 heavy (non-hydrogen) atoms. The lowest BCUT2D eigenvalue weighted by atomic mass is 10.1. The minimum atomic E-state index is -0.556. The molecule has 2 rings (SSSR count). The fraction of sp³-hybridized carbons (Fsp3) is 0.308. The molecule has 1 atom stereocenters. The second kappa shape index (κ2) is 5.12. The zero-order chi connectivity index (χ0) is 13.3.